The number of aryl methyl sites for hydroxylation is 1. The highest BCUT2D eigenvalue weighted by Crippen LogP contribution is 2.21. The molecule has 5 heteroatoms. The van der Waals surface area contributed by atoms with E-state index in [0.717, 1.165) is 30.2 Å². The number of anilines is 1. The summed E-state index contributed by atoms with van der Waals surface area (Å²) < 4.78 is 0. The lowest BCUT2D eigenvalue weighted by Gasteiger charge is -2.17. The molecule has 1 aliphatic rings. The van der Waals surface area contributed by atoms with Gasteiger partial charge in [-0.1, -0.05) is 18.2 Å². The number of carbonyl (C=O) groups is 1. The third-order valence-corrected chi connectivity index (χ3v) is 4.61. The fourth-order valence-electron chi connectivity index (χ4n) is 2.60. The predicted molar refractivity (Wildman–Crippen MR) is 85.8 cm³/mol. The Hall–Kier alpha value is -1.72. The molecule has 1 atom stereocenters. The minimum atomic E-state index is 0.198. The predicted octanol–water partition coefficient (Wildman–Crippen LogP) is 2.39. The number of nitrogens with one attached hydrogen (secondary N) is 1. The maximum atomic E-state index is 12.1. The summed E-state index contributed by atoms with van der Waals surface area (Å²) >= 11 is 1.74. The Morgan fingerprint density at radius 1 is 1.38 bits per heavy atom. The van der Waals surface area contributed by atoms with Crippen LogP contribution in [-0.2, 0) is 11.2 Å². The number of nitrogens with zero attached hydrogens (tertiary/aromatic N) is 2. The lowest BCUT2D eigenvalue weighted by atomic mass is 10.2. The molecule has 0 saturated carbocycles. The van der Waals surface area contributed by atoms with E-state index in [9.17, 15) is 4.79 Å². The first-order valence-corrected chi connectivity index (χ1v) is 8.04. The molecule has 2 aromatic rings. The standard InChI is InChI=1S/C16H19N3OS/c1-12-10-18-15(21-12)7-8-17-13-9-16(20)19(11-13)14-5-3-2-4-6-14/h2-6,10,13,17H,7-9,11H2,1H3/t13-/m0/s1. The van der Waals surface area contributed by atoms with Gasteiger partial charge in [-0.3, -0.25) is 4.79 Å². The first-order chi connectivity index (χ1) is 10.2. The van der Waals surface area contributed by atoms with Crippen molar-refractivity contribution in [2.45, 2.75) is 25.8 Å². The molecule has 110 valence electrons. The van der Waals surface area contributed by atoms with Gasteiger partial charge in [0.05, 0.1) is 5.01 Å². The van der Waals surface area contributed by atoms with E-state index in [1.165, 1.54) is 4.88 Å². The molecule has 2 heterocycles. The number of hydrogen-bond acceptors (Lipinski definition) is 4. The minimum Gasteiger partial charge on any atom is -0.311 e. The zero-order valence-corrected chi connectivity index (χ0v) is 12.9. The van der Waals surface area contributed by atoms with Crippen molar-refractivity contribution in [2.75, 3.05) is 18.0 Å². The number of benzene rings is 1. The van der Waals surface area contributed by atoms with Gasteiger partial charge in [0.1, 0.15) is 0 Å². The SMILES string of the molecule is Cc1cnc(CCN[C@H]2CC(=O)N(c3ccccc3)C2)s1. The van der Waals surface area contributed by atoms with Crippen molar-refractivity contribution < 1.29 is 4.79 Å². The smallest absolute Gasteiger partial charge is 0.228 e. The number of amides is 1. The molecular weight excluding hydrogens is 282 g/mol. The molecule has 0 aliphatic carbocycles. The maximum Gasteiger partial charge on any atom is 0.228 e. The number of rotatable bonds is 5. The molecule has 0 bridgehead atoms. The molecule has 1 aromatic heterocycles. The van der Waals surface area contributed by atoms with E-state index in [1.54, 1.807) is 11.3 Å². The summed E-state index contributed by atoms with van der Waals surface area (Å²) in [6.07, 6.45) is 3.41. The number of carbonyl (C=O) groups excluding carboxylic acids is 1. The average molecular weight is 301 g/mol. The number of aromatic nitrogens is 1. The van der Waals surface area contributed by atoms with Crippen LogP contribution in [-0.4, -0.2) is 30.0 Å². The van der Waals surface area contributed by atoms with Gasteiger partial charge in [0.15, 0.2) is 0 Å². The topological polar surface area (TPSA) is 45.2 Å². The first-order valence-electron chi connectivity index (χ1n) is 7.22. The lowest BCUT2D eigenvalue weighted by molar-refractivity contribution is -0.117. The van der Waals surface area contributed by atoms with Crippen LogP contribution < -0.4 is 10.2 Å². The molecule has 1 fully saturated rings. The third kappa shape index (κ3) is 3.49. The van der Waals surface area contributed by atoms with E-state index in [1.807, 2.05) is 41.4 Å². The first kappa shape index (κ1) is 14.2. The van der Waals surface area contributed by atoms with Crippen molar-refractivity contribution in [3.8, 4) is 0 Å². The van der Waals surface area contributed by atoms with Gasteiger partial charge in [0, 0.05) is 48.7 Å². The molecule has 0 spiro atoms. The number of thiazole rings is 1. The molecule has 4 nitrogen and oxygen atoms in total. The summed E-state index contributed by atoms with van der Waals surface area (Å²) in [6.45, 7) is 3.69. The highest BCUT2D eigenvalue weighted by atomic mass is 32.1. The summed E-state index contributed by atoms with van der Waals surface area (Å²) in [5.74, 6) is 0.198. The van der Waals surface area contributed by atoms with E-state index in [4.69, 9.17) is 0 Å². The van der Waals surface area contributed by atoms with Crippen LogP contribution in [0.3, 0.4) is 0 Å². The highest BCUT2D eigenvalue weighted by molar-refractivity contribution is 7.11. The zero-order chi connectivity index (χ0) is 14.7. The van der Waals surface area contributed by atoms with Gasteiger partial charge in [-0.15, -0.1) is 11.3 Å². The second-order valence-electron chi connectivity index (χ2n) is 5.31. The van der Waals surface area contributed by atoms with Crippen LogP contribution in [0.5, 0.6) is 0 Å². The normalized spacial score (nSPS) is 18.4. The van der Waals surface area contributed by atoms with Gasteiger partial charge in [0.25, 0.3) is 0 Å². The summed E-state index contributed by atoms with van der Waals surface area (Å²) in [5, 5.41) is 4.63. The van der Waals surface area contributed by atoms with Gasteiger partial charge >= 0.3 is 0 Å². The molecule has 1 aromatic carbocycles. The van der Waals surface area contributed by atoms with Crippen molar-refractivity contribution in [2.24, 2.45) is 0 Å². The maximum absolute atomic E-state index is 12.1. The van der Waals surface area contributed by atoms with Crippen LogP contribution in [0, 0.1) is 6.92 Å². The van der Waals surface area contributed by atoms with Gasteiger partial charge in [-0.25, -0.2) is 4.98 Å². The highest BCUT2D eigenvalue weighted by Gasteiger charge is 2.29. The second kappa shape index (κ2) is 6.37. The van der Waals surface area contributed by atoms with Crippen molar-refractivity contribution >= 4 is 22.9 Å². The molecular formula is C16H19N3OS. The monoisotopic (exact) mass is 301 g/mol. The molecule has 1 N–H and O–H groups in total. The van der Waals surface area contributed by atoms with E-state index in [0.29, 0.717) is 6.42 Å². The van der Waals surface area contributed by atoms with Gasteiger partial charge in [-0.05, 0) is 19.1 Å². The Labute approximate surface area is 128 Å². The van der Waals surface area contributed by atoms with Crippen molar-refractivity contribution in [1.82, 2.24) is 10.3 Å². The summed E-state index contributed by atoms with van der Waals surface area (Å²) in [5.41, 5.74) is 0.988. The Kier molecular flexibility index (Phi) is 4.31. The lowest BCUT2D eigenvalue weighted by Crippen LogP contribution is -2.34. The second-order valence-corrected chi connectivity index (χ2v) is 6.63. The van der Waals surface area contributed by atoms with Crippen LogP contribution in [0.4, 0.5) is 5.69 Å². The third-order valence-electron chi connectivity index (χ3n) is 3.63. The van der Waals surface area contributed by atoms with Gasteiger partial charge in [0.2, 0.25) is 5.91 Å². The molecule has 3 rings (SSSR count). The van der Waals surface area contributed by atoms with Crippen molar-refractivity contribution in [3.63, 3.8) is 0 Å². The van der Waals surface area contributed by atoms with E-state index in [-0.39, 0.29) is 11.9 Å². The van der Waals surface area contributed by atoms with Crippen LogP contribution in [0.15, 0.2) is 36.5 Å². The quantitative estimate of drug-likeness (QED) is 0.922. The summed E-state index contributed by atoms with van der Waals surface area (Å²) in [4.78, 5) is 19.6. The minimum absolute atomic E-state index is 0.198. The molecule has 1 amide bonds. The molecule has 0 radical (unpaired) electrons. The number of para-hydroxylation sites is 1. The van der Waals surface area contributed by atoms with Crippen LogP contribution >= 0.6 is 11.3 Å². The number of hydrogen-bond donors (Lipinski definition) is 1. The molecule has 0 unspecified atom stereocenters. The largest absolute Gasteiger partial charge is 0.311 e. The van der Waals surface area contributed by atoms with E-state index >= 15 is 0 Å². The Morgan fingerprint density at radius 2 is 2.19 bits per heavy atom. The molecule has 1 saturated heterocycles. The van der Waals surface area contributed by atoms with Crippen molar-refractivity contribution in [1.29, 1.82) is 0 Å². The van der Waals surface area contributed by atoms with Crippen LogP contribution in [0.25, 0.3) is 0 Å². The van der Waals surface area contributed by atoms with E-state index < -0.39 is 0 Å². The van der Waals surface area contributed by atoms with Gasteiger partial charge in [-0.2, -0.15) is 0 Å². The summed E-state index contributed by atoms with van der Waals surface area (Å²) in [6, 6.07) is 10.1. The van der Waals surface area contributed by atoms with Crippen molar-refractivity contribution in [3.05, 3.63) is 46.4 Å². The molecule has 1 aliphatic heterocycles. The van der Waals surface area contributed by atoms with E-state index in [2.05, 4.69) is 17.2 Å². The zero-order valence-electron chi connectivity index (χ0n) is 12.1. The Morgan fingerprint density at radius 3 is 2.90 bits per heavy atom. The fourth-order valence-corrected chi connectivity index (χ4v) is 3.39. The average Bonchev–Trinajstić information content (AvgIpc) is 3.06. The molecule has 21 heavy (non-hydrogen) atoms. The Balaban J connectivity index is 1.51. The Bertz CT molecular complexity index is 611. The van der Waals surface area contributed by atoms with Gasteiger partial charge < -0.3 is 10.2 Å². The van der Waals surface area contributed by atoms with Crippen LogP contribution in [0.1, 0.15) is 16.3 Å². The summed E-state index contributed by atoms with van der Waals surface area (Å²) in [7, 11) is 0. The van der Waals surface area contributed by atoms with Crippen LogP contribution in [0.2, 0.25) is 0 Å². The fraction of sp³-hybridized carbons (Fsp3) is 0.375.